The maximum atomic E-state index is 13.5. The Kier molecular flexibility index (Phi) is 6.04. The Hall–Kier alpha value is -2.09. The van der Waals surface area contributed by atoms with Gasteiger partial charge in [-0.05, 0) is 29.7 Å². The first-order valence-electron chi connectivity index (χ1n) is 9.04. The van der Waals surface area contributed by atoms with Gasteiger partial charge in [0.05, 0.1) is 20.3 Å². The van der Waals surface area contributed by atoms with E-state index in [1.807, 2.05) is 12.1 Å². The van der Waals surface area contributed by atoms with E-state index in [1.165, 1.54) is 25.8 Å². The van der Waals surface area contributed by atoms with Crippen molar-refractivity contribution >= 4 is 10.0 Å². The Morgan fingerprint density at radius 3 is 2.48 bits per heavy atom. The number of hydrogen-bond acceptors (Lipinski definition) is 5. The lowest BCUT2D eigenvalue weighted by atomic mass is 10.0. The van der Waals surface area contributed by atoms with E-state index in [1.54, 1.807) is 16.4 Å². The lowest BCUT2D eigenvalue weighted by Crippen LogP contribution is -2.48. The average molecular weight is 391 g/mol. The number of methoxy groups -OCH3 is 2. The van der Waals surface area contributed by atoms with Crippen LogP contribution in [0.1, 0.15) is 24.1 Å². The number of benzene rings is 2. The molecule has 1 fully saturated rings. The van der Waals surface area contributed by atoms with E-state index >= 15 is 0 Å². The van der Waals surface area contributed by atoms with E-state index < -0.39 is 10.0 Å². The van der Waals surface area contributed by atoms with Crippen molar-refractivity contribution < 1.29 is 17.9 Å². The third kappa shape index (κ3) is 3.95. The molecule has 0 spiro atoms. The molecule has 27 heavy (non-hydrogen) atoms. The summed E-state index contributed by atoms with van der Waals surface area (Å²) in [5.74, 6) is 0.794. The van der Waals surface area contributed by atoms with Gasteiger partial charge in [0.25, 0.3) is 0 Å². The predicted octanol–water partition coefficient (Wildman–Crippen LogP) is 2.60. The summed E-state index contributed by atoms with van der Waals surface area (Å²) in [7, 11) is -0.775. The van der Waals surface area contributed by atoms with Gasteiger partial charge in [-0.2, -0.15) is 4.31 Å². The van der Waals surface area contributed by atoms with Crippen LogP contribution in [0.2, 0.25) is 0 Å². The molecule has 3 rings (SSSR count). The fraction of sp³-hybridized carbons (Fsp3) is 0.400. The van der Waals surface area contributed by atoms with Crippen molar-refractivity contribution in [1.82, 2.24) is 9.62 Å². The predicted molar refractivity (Wildman–Crippen MR) is 105 cm³/mol. The second-order valence-electron chi connectivity index (χ2n) is 6.45. The Balaban J connectivity index is 2.02. The van der Waals surface area contributed by atoms with Crippen LogP contribution in [0.3, 0.4) is 0 Å². The normalized spacial score (nSPS) is 18.3. The van der Waals surface area contributed by atoms with Crippen LogP contribution in [-0.2, 0) is 16.4 Å². The van der Waals surface area contributed by atoms with Gasteiger partial charge in [0.2, 0.25) is 10.0 Å². The largest absolute Gasteiger partial charge is 0.497 e. The summed E-state index contributed by atoms with van der Waals surface area (Å²) in [5, 5.41) is 3.30. The lowest BCUT2D eigenvalue weighted by molar-refractivity contribution is 0.270. The molecule has 2 aromatic rings. The summed E-state index contributed by atoms with van der Waals surface area (Å²) in [6.07, 6.45) is 0.951. The molecule has 0 aliphatic carbocycles. The number of rotatable bonds is 6. The molecule has 0 bridgehead atoms. The summed E-state index contributed by atoms with van der Waals surface area (Å²) in [5.41, 5.74) is 2.20. The standard InChI is InChI=1S/C20H26N2O4S/c1-4-15-5-7-16(8-6-15)18-14-21-11-12-22(18)27(23,24)20-13-17(25-2)9-10-19(20)26-3/h5-10,13,18,21H,4,11-12,14H2,1-3H3. The van der Waals surface area contributed by atoms with Gasteiger partial charge < -0.3 is 14.8 Å². The molecule has 1 heterocycles. The van der Waals surface area contributed by atoms with E-state index in [2.05, 4.69) is 24.4 Å². The van der Waals surface area contributed by atoms with Crippen molar-refractivity contribution in [3.05, 3.63) is 53.6 Å². The molecule has 146 valence electrons. The molecule has 1 saturated heterocycles. The first kappa shape index (κ1) is 19.7. The molecule has 2 aromatic carbocycles. The number of piperazine rings is 1. The minimum absolute atomic E-state index is 0.126. The molecule has 0 saturated carbocycles. The van der Waals surface area contributed by atoms with E-state index in [4.69, 9.17) is 9.47 Å². The topological polar surface area (TPSA) is 67.9 Å². The average Bonchev–Trinajstić information content (AvgIpc) is 2.73. The number of nitrogens with one attached hydrogen (secondary N) is 1. The molecule has 1 aliphatic heterocycles. The van der Waals surface area contributed by atoms with Crippen LogP contribution in [0.4, 0.5) is 0 Å². The Morgan fingerprint density at radius 2 is 1.85 bits per heavy atom. The SMILES string of the molecule is CCc1ccc(C2CNCCN2S(=O)(=O)c2cc(OC)ccc2OC)cc1. The Labute approximate surface area is 161 Å². The number of hydrogen-bond donors (Lipinski definition) is 1. The van der Waals surface area contributed by atoms with Gasteiger partial charge >= 0.3 is 0 Å². The van der Waals surface area contributed by atoms with Crippen LogP contribution in [0.25, 0.3) is 0 Å². The van der Waals surface area contributed by atoms with Gasteiger partial charge in [0.1, 0.15) is 16.4 Å². The van der Waals surface area contributed by atoms with Crippen LogP contribution < -0.4 is 14.8 Å². The van der Waals surface area contributed by atoms with Gasteiger partial charge in [0, 0.05) is 25.7 Å². The van der Waals surface area contributed by atoms with E-state index in [9.17, 15) is 8.42 Å². The summed E-state index contributed by atoms with van der Waals surface area (Å²) < 4.78 is 39.1. The zero-order chi connectivity index (χ0) is 19.4. The number of sulfonamides is 1. The summed E-state index contributed by atoms with van der Waals surface area (Å²) in [4.78, 5) is 0.126. The van der Waals surface area contributed by atoms with Crippen molar-refractivity contribution in [3.63, 3.8) is 0 Å². The first-order chi connectivity index (χ1) is 13.0. The molecule has 0 radical (unpaired) electrons. The van der Waals surface area contributed by atoms with Gasteiger partial charge in [-0.15, -0.1) is 0 Å². The molecular formula is C20H26N2O4S. The minimum Gasteiger partial charge on any atom is -0.497 e. The number of aryl methyl sites for hydroxylation is 1. The van der Waals surface area contributed by atoms with Gasteiger partial charge in [0.15, 0.2) is 0 Å². The minimum atomic E-state index is -3.76. The van der Waals surface area contributed by atoms with E-state index in [0.29, 0.717) is 31.1 Å². The van der Waals surface area contributed by atoms with Crippen LogP contribution in [0, 0.1) is 0 Å². The zero-order valence-corrected chi connectivity index (χ0v) is 16.8. The fourth-order valence-electron chi connectivity index (χ4n) is 3.34. The third-order valence-corrected chi connectivity index (χ3v) is 6.85. The van der Waals surface area contributed by atoms with Crippen molar-refractivity contribution in [3.8, 4) is 11.5 Å². The second kappa shape index (κ2) is 8.29. The van der Waals surface area contributed by atoms with Crippen molar-refractivity contribution in [2.45, 2.75) is 24.3 Å². The van der Waals surface area contributed by atoms with Gasteiger partial charge in [-0.25, -0.2) is 8.42 Å². The first-order valence-corrected chi connectivity index (χ1v) is 10.5. The lowest BCUT2D eigenvalue weighted by Gasteiger charge is -2.35. The summed E-state index contributed by atoms with van der Waals surface area (Å²) in [6, 6.07) is 12.7. The molecular weight excluding hydrogens is 364 g/mol. The van der Waals surface area contributed by atoms with Crippen LogP contribution in [0.15, 0.2) is 47.4 Å². The number of ether oxygens (including phenoxy) is 2. The second-order valence-corrected chi connectivity index (χ2v) is 8.31. The smallest absolute Gasteiger partial charge is 0.247 e. The van der Waals surface area contributed by atoms with Crippen LogP contribution in [0.5, 0.6) is 11.5 Å². The molecule has 1 unspecified atom stereocenters. The molecule has 1 N–H and O–H groups in total. The molecule has 0 aromatic heterocycles. The van der Waals surface area contributed by atoms with Crippen LogP contribution in [-0.4, -0.2) is 46.6 Å². The summed E-state index contributed by atoms with van der Waals surface area (Å²) >= 11 is 0. The highest BCUT2D eigenvalue weighted by atomic mass is 32.2. The van der Waals surface area contributed by atoms with E-state index in [-0.39, 0.29) is 10.9 Å². The number of nitrogens with zero attached hydrogens (tertiary/aromatic N) is 1. The molecule has 7 heteroatoms. The highest BCUT2D eigenvalue weighted by Gasteiger charge is 2.36. The zero-order valence-electron chi connectivity index (χ0n) is 15.9. The quantitative estimate of drug-likeness (QED) is 0.821. The fourth-order valence-corrected chi connectivity index (χ4v) is 5.13. The third-order valence-electron chi connectivity index (χ3n) is 4.92. The van der Waals surface area contributed by atoms with Gasteiger partial charge in [-0.3, -0.25) is 0 Å². The molecule has 6 nitrogen and oxygen atoms in total. The molecule has 1 aliphatic rings. The maximum Gasteiger partial charge on any atom is 0.247 e. The highest BCUT2D eigenvalue weighted by molar-refractivity contribution is 7.89. The monoisotopic (exact) mass is 390 g/mol. The van der Waals surface area contributed by atoms with E-state index in [0.717, 1.165) is 12.0 Å². The highest BCUT2D eigenvalue weighted by Crippen LogP contribution is 2.35. The Bertz CT molecular complexity index is 881. The van der Waals surface area contributed by atoms with Gasteiger partial charge in [-0.1, -0.05) is 31.2 Å². The summed E-state index contributed by atoms with van der Waals surface area (Å²) in [6.45, 7) is 3.66. The van der Waals surface area contributed by atoms with Crippen molar-refractivity contribution in [2.75, 3.05) is 33.9 Å². The van der Waals surface area contributed by atoms with Crippen molar-refractivity contribution in [1.29, 1.82) is 0 Å². The maximum absolute atomic E-state index is 13.5. The van der Waals surface area contributed by atoms with Crippen molar-refractivity contribution in [2.24, 2.45) is 0 Å². The van der Waals surface area contributed by atoms with Crippen LogP contribution >= 0.6 is 0 Å². The molecule has 1 atom stereocenters. The Morgan fingerprint density at radius 1 is 1.11 bits per heavy atom. The molecule has 0 amide bonds.